The predicted octanol–water partition coefficient (Wildman–Crippen LogP) is 4.46. The zero-order chi connectivity index (χ0) is 25.7. The van der Waals surface area contributed by atoms with Gasteiger partial charge in [0.2, 0.25) is 6.29 Å². The van der Waals surface area contributed by atoms with Gasteiger partial charge < -0.3 is 24.4 Å². The van der Waals surface area contributed by atoms with E-state index in [-0.39, 0.29) is 17.7 Å². The second-order valence-corrected chi connectivity index (χ2v) is 8.49. The highest BCUT2D eigenvalue weighted by Gasteiger charge is 2.50. The lowest BCUT2D eigenvalue weighted by Crippen LogP contribution is -2.26. The van der Waals surface area contributed by atoms with Crippen molar-refractivity contribution >= 4 is 17.9 Å². The number of aromatic carboxylic acids is 2. The summed E-state index contributed by atoms with van der Waals surface area (Å²) in [5, 5.41) is 19.8. The fraction of sp³-hybridized carbons (Fsp3) is 0.250. The molecule has 0 saturated carbocycles. The molecular weight excluding hydrogens is 464 g/mol. The van der Waals surface area contributed by atoms with Crippen molar-refractivity contribution in [2.75, 3.05) is 6.61 Å². The van der Waals surface area contributed by atoms with Crippen LogP contribution in [0.2, 0.25) is 0 Å². The highest BCUT2D eigenvalue weighted by atomic mass is 16.7. The summed E-state index contributed by atoms with van der Waals surface area (Å²) in [6.45, 7) is 1.60. The van der Waals surface area contributed by atoms with Gasteiger partial charge in [0.1, 0.15) is 0 Å². The Kier molecular flexibility index (Phi) is 7.77. The molecule has 8 nitrogen and oxygen atoms in total. The quantitative estimate of drug-likeness (QED) is 0.422. The Morgan fingerprint density at radius 3 is 1.86 bits per heavy atom. The van der Waals surface area contributed by atoms with E-state index >= 15 is 0 Å². The van der Waals surface area contributed by atoms with Crippen LogP contribution < -0.4 is 0 Å². The number of carboxylic acids is 2. The summed E-state index contributed by atoms with van der Waals surface area (Å²) in [6, 6.07) is 22.4. The maximum absolute atomic E-state index is 12.1. The van der Waals surface area contributed by atoms with E-state index in [1.165, 1.54) is 19.1 Å². The van der Waals surface area contributed by atoms with Crippen LogP contribution in [-0.2, 0) is 25.6 Å². The third-order valence-corrected chi connectivity index (χ3v) is 6.17. The molecule has 0 aromatic heterocycles. The maximum Gasteiger partial charge on any atom is 0.335 e. The van der Waals surface area contributed by atoms with Crippen LogP contribution in [0.15, 0.2) is 78.9 Å². The number of carboxylic acid groups (broad SMARTS) is 2. The van der Waals surface area contributed by atoms with Gasteiger partial charge in [0.15, 0.2) is 0 Å². The molecule has 3 aromatic carbocycles. The Bertz CT molecular complexity index is 1240. The van der Waals surface area contributed by atoms with Gasteiger partial charge in [-0.15, -0.1) is 0 Å². The molecule has 0 radical (unpaired) electrons. The molecule has 3 aromatic rings. The van der Waals surface area contributed by atoms with Crippen molar-refractivity contribution in [2.45, 2.75) is 37.8 Å². The number of ether oxygens (including phenoxy) is 3. The van der Waals surface area contributed by atoms with Gasteiger partial charge in [-0.2, -0.15) is 0 Å². The van der Waals surface area contributed by atoms with Gasteiger partial charge in [0.05, 0.1) is 36.4 Å². The van der Waals surface area contributed by atoms with Crippen LogP contribution in [0.25, 0.3) is 0 Å². The van der Waals surface area contributed by atoms with Crippen LogP contribution >= 0.6 is 0 Å². The van der Waals surface area contributed by atoms with Gasteiger partial charge in [-0.3, -0.25) is 4.79 Å². The Morgan fingerprint density at radius 2 is 1.31 bits per heavy atom. The van der Waals surface area contributed by atoms with Crippen molar-refractivity contribution in [2.24, 2.45) is 0 Å². The van der Waals surface area contributed by atoms with E-state index in [1.807, 2.05) is 30.3 Å². The number of carbonyl (C=O) groups excluding carboxylic acids is 1. The molecule has 1 heterocycles. The molecule has 4 atom stereocenters. The lowest BCUT2D eigenvalue weighted by Gasteiger charge is -2.26. The summed E-state index contributed by atoms with van der Waals surface area (Å²) in [7, 11) is 0. The zero-order valence-corrected chi connectivity index (χ0v) is 19.6. The molecular formula is C28H26O8. The average molecular weight is 491 g/mol. The van der Waals surface area contributed by atoms with E-state index in [1.54, 1.807) is 36.4 Å². The molecule has 1 aliphatic rings. The van der Waals surface area contributed by atoms with E-state index in [0.29, 0.717) is 17.7 Å². The van der Waals surface area contributed by atoms with Crippen LogP contribution in [-0.4, -0.2) is 47.1 Å². The van der Waals surface area contributed by atoms with E-state index in [9.17, 15) is 24.6 Å². The van der Waals surface area contributed by atoms with Gasteiger partial charge in [-0.1, -0.05) is 66.7 Å². The number of carbonyl (C=O) groups is 3. The number of hydrogen-bond acceptors (Lipinski definition) is 6. The minimum absolute atomic E-state index is 0.0203. The monoisotopic (exact) mass is 490 g/mol. The van der Waals surface area contributed by atoms with Gasteiger partial charge in [-0.05, 0) is 28.8 Å². The first-order valence-electron chi connectivity index (χ1n) is 11.5. The number of benzene rings is 3. The molecule has 36 heavy (non-hydrogen) atoms. The SMILES string of the molecule is CC(=O)O[C@@H]1O[C@@H](COCc2ccccc2)[C@@H](c2ccccc2C(=O)O)[C@@H]1c1ccccc1C(=O)O. The van der Waals surface area contributed by atoms with E-state index in [4.69, 9.17) is 14.2 Å². The zero-order valence-electron chi connectivity index (χ0n) is 19.6. The molecule has 186 valence electrons. The molecule has 0 unspecified atom stereocenters. The Labute approximate surface area is 208 Å². The largest absolute Gasteiger partial charge is 0.478 e. The lowest BCUT2D eigenvalue weighted by atomic mass is 9.77. The fourth-order valence-corrected chi connectivity index (χ4v) is 4.72. The van der Waals surface area contributed by atoms with Crippen LogP contribution in [0, 0.1) is 0 Å². The van der Waals surface area contributed by atoms with Crippen molar-refractivity contribution in [3.8, 4) is 0 Å². The number of rotatable bonds is 9. The minimum atomic E-state index is -1.15. The summed E-state index contributed by atoms with van der Waals surface area (Å²) in [5.41, 5.74) is 1.85. The predicted molar refractivity (Wildman–Crippen MR) is 129 cm³/mol. The summed E-state index contributed by atoms with van der Waals surface area (Å²) in [6.07, 6.45) is -1.86. The van der Waals surface area contributed by atoms with Crippen LogP contribution in [0.4, 0.5) is 0 Å². The van der Waals surface area contributed by atoms with Gasteiger partial charge in [0.25, 0.3) is 0 Å². The molecule has 1 fully saturated rings. The van der Waals surface area contributed by atoms with Crippen molar-refractivity contribution in [1.82, 2.24) is 0 Å². The maximum atomic E-state index is 12.1. The van der Waals surface area contributed by atoms with E-state index < -0.39 is 42.1 Å². The van der Waals surface area contributed by atoms with E-state index in [0.717, 1.165) is 5.56 Å². The lowest BCUT2D eigenvalue weighted by molar-refractivity contribution is -0.178. The Morgan fingerprint density at radius 1 is 0.778 bits per heavy atom. The van der Waals surface area contributed by atoms with Crippen LogP contribution in [0.5, 0.6) is 0 Å². The number of hydrogen-bond donors (Lipinski definition) is 2. The van der Waals surface area contributed by atoms with Crippen molar-refractivity contribution in [3.63, 3.8) is 0 Å². The van der Waals surface area contributed by atoms with Crippen LogP contribution in [0.3, 0.4) is 0 Å². The second-order valence-electron chi connectivity index (χ2n) is 8.49. The standard InChI is InChI=1S/C28H26O8/c1-17(29)35-28-25(20-12-6-8-14-22(20)27(32)33)24(19-11-5-7-13-21(19)26(30)31)23(36-28)16-34-15-18-9-3-2-4-10-18/h2-14,23-25,28H,15-16H2,1H3,(H,30,31)(H,32,33)/t23-,24+,25-,28+/m0/s1. The fourth-order valence-electron chi connectivity index (χ4n) is 4.72. The van der Waals surface area contributed by atoms with Gasteiger partial charge >= 0.3 is 17.9 Å². The first kappa shape index (κ1) is 25.1. The molecule has 8 heteroatoms. The molecule has 0 aliphatic carbocycles. The number of esters is 1. The molecule has 1 saturated heterocycles. The second kappa shape index (κ2) is 11.2. The molecule has 0 amide bonds. The molecule has 4 rings (SSSR count). The normalized spacial score (nSPS) is 21.1. The minimum Gasteiger partial charge on any atom is -0.478 e. The highest BCUT2D eigenvalue weighted by Crippen LogP contribution is 2.49. The Balaban J connectivity index is 1.78. The smallest absolute Gasteiger partial charge is 0.335 e. The van der Waals surface area contributed by atoms with Crippen molar-refractivity contribution in [3.05, 3.63) is 107 Å². The van der Waals surface area contributed by atoms with Crippen LogP contribution in [0.1, 0.15) is 56.2 Å². The summed E-state index contributed by atoms with van der Waals surface area (Å²) in [4.78, 5) is 36.2. The highest BCUT2D eigenvalue weighted by molar-refractivity contribution is 5.91. The first-order valence-corrected chi connectivity index (χ1v) is 11.5. The first-order chi connectivity index (χ1) is 17.4. The van der Waals surface area contributed by atoms with E-state index in [2.05, 4.69) is 0 Å². The molecule has 0 spiro atoms. The topological polar surface area (TPSA) is 119 Å². The molecule has 0 bridgehead atoms. The third kappa shape index (κ3) is 5.45. The summed E-state index contributed by atoms with van der Waals surface area (Å²) >= 11 is 0. The van der Waals surface area contributed by atoms with Gasteiger partial charge in [0, 0.05) is 12.8 Å². The Hall–Kier alpha value is -4.01. The summed E-state index contributed by atoms with van der Waals surface area (Å²) < 4.78 is 17.6. The average Bonchev–Trinajstić information content (AvgIpc) is 3.21. The molecule has 1 aliphatic heterocycles. The molecule has 2 N–H and O–H groups in total. The van der Waals surface area contributed by atoms with Crippen molar-refractivity contribution < 1.29 is 38.8 Å². The summed E-state index contributed by atoms with van der Waals surface area (Å²) in [5.74, 6) is -4.34. The third-order valence-electron chi connectivity index (χ3n) is 6.17. The van der Waals surface area contributed by atoms with Gasteiger partial charge in [-0.25, -0.2) is 9.59 Å². The van der Waals surface area contributed by atoms with Crippen molar-refractivity contribution in [1.29, 1.82) is 0 Å².